The number of benzene rings is 7. The molecule has 12 aromatic rings. The van der Waals surface area contributed by atoms with Crippen LogP contribution in [0.15, 0.2) is 185 Å². The molecule has 0 aliphatic carbocycles. The van der Waals surface area contributed by atoms with E-state index in [4.69, 9.17) is 23.8 Å². The highest BCUT2D eigenvalue weighted by Crippen LogP contribution is 2.36. The SMILES string of the molecule is c1ccc2c(c1)oc1ccc(-c3nc(-c4ccc(-c5ccc(-n6c7ccccc7c7ccccc76)cc5)cc4)nc(-c4ccc5c(c4)oc4cnccc45)n3)cc12. The lowest BCUT2D eigenvalue weighted by molar-refractivity contribution is 0.667. The van der Waals surface area contributed by atoms with Gasteiger partial charge in [-0.1, -0.05) is 97.1 Å². The maximum Gasteiger partial charge on any atom is 0.164 e. The van der Waals surface area contributed by atoms with Crippen LogP contribution in [0, 0.1) is 0 Å². The molecule has 0 aliphatic heterocycles. The van der Waals surface area contributed by atoms with Gasteiger partial charge in [-0.15, -0.1) is 0 Å². The monoisotopic (exact) mass is 731 g/mol. The third-order valence-electron chi connectivity index (χ3n) is 11.0. The van der Waals surface area contributed by atoms with Gasteiger partial charge in [-0.2, -0.15) is 0 Å². The lowest BCUT2D eigenvalue weighted by Gasteiger charge is -2.11. The molecule has 0 aliphatic rings. The lowest BCUT2D eigenvalue weighted by Crippen LogP contribution is -2.00. The highest BCUT2D eigenvalue weighted by Gasteiger charge is 2.17. The van der Waals surface area contributed by atoms with Gasteiger partial charge in [0.15, 0.2) is 23.1 Å². The van der Waals surface area contributed by atoms with Gasteiger partial charge in [-0.25, -0.2) is 15.0 Å². The Hall–Kier alpha value is -7.90. The van der Waals surface area contributed by atoms with E-state index in [2.05, 4.69) is 125 Å². The number of nitrogens with zero attached hydrogens (tertiary/aromatic N) is 5. The lowest BCUT2D eigenvalue weighted by atomic mass is 10.0. The van der Waals surface area contributed by atoms with Crippen LogP contribution in [-0.4, -0.2) is 24.5 Å². The van der Waals surface area contributed by atoms with Crippen molar-refractivity contribution in [1.82, 2.24) is 24.5 Å². The van der Waals surface area contributed by atoms with Crippen molar-refractivity contribution in [2.75, 3.05) is 0 Å². The van der Waals surface area contributed by atoms with Crippen LogP contribution in [0.2, 0.25) is 0 Å². The van der Waals surface area contributed by atoms with Crippen molar-refractivity contribution in [3.05, 3.63) is 176 Å². The molecule has 0 amide bonds. The topological polar surface area (TPSA) is 82.8 Å². The van der Waals surface area contributed by atoms with E-state index in [1.807, 2.05) is 48.5 Å². The fourth-order valence-electron chi connectivity index (χ4n) is 8.21. The molecule has 7 aromatic carbocycles. The minimum Gasteiger partial charge on any atom is -0.456 e. The predicted octanol–water partition coefficient (Wildman–Crippen LogP) is 12.8. The van der Waals surface area contributed by atoms with E-state index >= 15 is 0 Å². The summed E-state index contributed by atoms with van der Waals surface area (Å²) in [6.45, 7) is 0. The van der Waals surface area contributed by atoms with Crippen LogP contribution in [0.3, 0.4) is 0 Å². The van der Waals surface area contributed by atoms with Crippen LogP contribution in [0.25, 0.3) is 117 Å². The van der Waals surface area contributed by atoms with Gasteiger partial charge in [0.2, 0.25) is 0 Å². The summed E-state index contributed by atoms with van der Waals surface area (Å²) < 4.78 is 14.7. The Morgan fingerprint density at radius 2 is 0.860 bits per heavy atom. The van der Waals surface area contributed by atoms with Gasteiger partial charge in [0, 0.05) is 60.9 Å². The summed E-state index contributed by atoms with van der Waals surface area (Å²) in [7, 11) is 0. The summed E-state index contributed by atoms with van der Waals surface area (Å²) in [6, 6.07) is 56.6. The highest BCUT2D eigenvalue weighted by atomic mass is 16.3. The van der Waals surface area contributed by atoms with Crippen LogP contribution in [0.4, 0.5) is 0 Å². The summed E-state index contributed by atoms with van der Waals surface area (Å²) in [5.41, 5.74) is 11.5. The Labute approximate surface area is 325 Å². The molecule has 0 spiro atoms. The van der Waals surface area contributed by atoms with Crippen molar-refractivity contribution in [2.24, 2.45) is 0 Å². The Bertz CT molecular complexity index is 3470. The van der Waals surface area contributed by atoms with E-state index in [-0.39, 0.29) is 0 Å². The Morgan fingerprint density at radius 3 is 1.60 bits per heavy atom. The van der Waals surface area contributed by atoms with Crippen LogP contribution < -0.4 is 0 Å². The first-order valence-electron chi connectivity index (χ1n) is 18.9. The molecule has 0 fully saturated rings. The third kappa shape index (κ3) is 5.06. The largest absolute Gasteiger partial charge is 0.456 e. The van der Waals surface area contributed by atoms with Crippen LogP contribution in [0.1, 0.15) is 0 Å². The highest BCUT2D eigenvalue weighted by molar-refractivity contribution is 6.09. The van der Waals surface area contributed by atoms with E-state index < -0.39 is 0 Å². The maximum atomic E-state index is 6.20. The molecule has 0 radical (unpaired) electrons. The van der Waals surface area contributed by atoms with Gasteiger partial charge in [-0.05, 0) is 77.9 Å². The molecule has 0 saturated carbocycles. The predicted molar refractivity (Wildman–Crippen MR) is 228 cm³/mol. The van der Waals surface area contributed by atoms with Gasteiger partial charge < -0.3 is 13.4 Å². The van der Waals surface area contributed by atoms with E-state index in [0.29, 0.717) is 17.5 Å². The molecule has 57 heavy (non-hydrogen) atoms. The maximum absolute atomic E-state index is 6.20. The number of pyridine rings is 1. The smallest absolute Gasteiger partial charge is 0.164 e. The summed E-state index contributed by atoms with van der Waals surface area (Å²) >= 11 is 0. The molecular weight excluding hydrogens is 703 g/mol. The normalized spacial score (nSPS) is 11.9. The summed E-state index contributed by atoms with van der Waals surface area (Å²) in [6.07, 6.45) is 3.52. The van der Waals surface area contributed by atoms with E-state index in [1.165, 1.54) is 21.8 Å². The van der Waals surface area contributed by atoms with Crippen molar-refractivity contribution in [3.63, 3.8) is 0 Å². The molecule has 0 atom stereocenters. The first kappa shape index (κ1) is 31.5. The number of hydrogen-bond donors (Lipinski definition) is 0. The molecule has 12 rings (SSSR count). The Morgan fingerprint density at radius 1 is 0.351 bits per heavy atom. The summed E-state index contributed by atoms with van der Waals surface area (Å²) in [5, 5.41) is 6.60. The first-order chi connectivity index (χ1) is 28.2. The average molecular weight is 732 g/mol. The van der Waals surface area contributed by atoms with Crippen molar-refractivity contribution in [2.45, 2.75) is 0 Å². The molecule has 5 aromatic heterocycles. The summed E-state index contributed by atoms with van der Waals surface area (Å²) in [4.78, 5) is 19.4. The third-order valence-corrected chi connectivity index (χ3v) is 11.0. The fourth-order valence-corrected chi connectivity index (χ4v) is 8.21. The quantitative estimate of drug-likeness (QED) is 0.175. The van der Waals surface area contributed by atoms with Crippen LogP contribution >= 0.6 is 0 Å². The first-order valence-corrected chi connectivity index (χ1v) is 18.9. The van der Waals surface area contributed by atoms with Crippen molar-refractivity contribution < 1.29 is 8.83 Å². The number of aromatic nitrogens is 5. The standard InChI is InChI=1S/C50H29N5O2/c1-4-10-42-36(7-1)37-8-2-5-11-43(37)55(42)35-21-17-31(18-22-35)30-13-15-32(16-14-30)48-52-49(33-20-24-45-41(27-33)38-9-3-6-12-44(38)56-45)54-50(53-48)34-19-23-39-40-25-26-51-29-47(40)57-46(39)28-34/h1-29H. The zero-order valence-corrected chi connectivity index (χ0v) is 30.3. The molecule has 7 nitrogen and oxygen atoms in total. The molecule has 0 bridgehead atoms. The fraction of sp³-hybridized carbons (Fsp3) is 0. The second kappa shape index (κ2) is 12.3. The second-order valence-electron chi connectivity index (χ2n) is 14.3. The molecule has 7 heteroatoms. The van der Waals surface area contributed by atoms with E-state index in [0.717, 1.165) is 77.4 Å². The Kier molecular flexibility index (Phi) is 6.79. The zero-order valence-electron chi connectivity index (χ0n) is 30.3. The number of para-hydroxylation sites is 3. The molecule has 266 valence electrons. The minimum atomic E-state index is 0.553. The average Bonchev–Trinajstić information content (AvgIpc) is 3.95. The van der Waals surface area contributed by atoms with E-state index in [1.54, 1.807) is 12.4 Å². The minimum absolute atomic E-state index is 0.553. The van der Waals surface area contributed by atoms with Gasteiger partial charge in [0.25, 0.3) is 0 Å². The number of rotatable bonds is 5. The van der Waals surface area contributed by atoms with Gasteiger partial charge in [0.05, 0.1) is 17.2 Å². The molecule has 0 unspecified atom stereocenters. The number of fused-ring (bicyclic) bond motifs is 9. The van der Waals surface area contributed by atoms with Crippen LogP contribution in [-0.2, 0) is 0 Å². The van der Waals surface area contributed by atoms with Crippen LogP contribution in [0.5, 0.6) is 0 Å². The van der Waals surface area contributed by atoms with Gasteiger partial charge >= 0.3 is 0 Å². The molecule has 5 heterocycles. The second-order valence-corrected chi connectivity index (χ2v) is 14.3. The van der Waals surface area contributed by atoms with Gasteiger partial charge in [0.1, 0.15) is 16.7 Å². The molecular formula is C50H29N5O2. The number of hydrogen-bond acceptors (Lipinski definition) is 6. The van der Waals surface area contributed by atoms with E-state index in [9.17, 15) is 0 Å². The molecule has 0 N–H and O–H groups in total. The van der Waals surface area contributed by atoms with Crippen molar-refractivity contribution in [1.29, 1.82) is 0 Å². The molecule has 0 saturated heterocycles. The summed E-state index contributed by atoms with van der Waals surface area (Å²) in [5.74, 6) is 1.70. The zero-order chi connectivity index (χ0) is 37.5. The number of furan rings is 2. The van der Waals surface area contributed by atoms with Gasteiger partial charge in [-0.3, -0.25) is 4.98 Å². The van der Waals surface area contributed by atoms with Crippen molar-refractivity contribution >= 4 is 65.7 Å². The van der Waals surface area contributed by atoms with Crippen molar-refractivity contribution in [3.8, 4) is 51.0 Å². The Balaban J connectivity index is 0.944.